The van der Waals surface area contributed by atoms with E-state index in [2.05, 4.69) is 29.2 Å². The van der Waals surface area contributed by atoms with Gasteiger partial charge in [-0.15, -0.1) is 0 Å². The van der Waals surface area contributed by atoms with Crippen molar-refractivity contribution in [3.8, 4) is 11.4 Å². The number of rotatable bonds is 10. The number of benzene rings is 2. The van der Waals surface area contributed by atoms with Gasteiger partial charge in [0.1, 0.15) is 11.4 Å². The van der Waals surface area contributed by atoms with Crippen molar-refractivity contribution in [2.45, 2.75) is 39.5 Å². The number of aromatic nitrogens is 2. The fourth-order valence-electron chi connectivity index (χ4n) is 5.54. The number of nitrogens with one attached hydrogen (secondary N) is 1. The van der Waals surface area contributed by atoms with Crippen molar-refractivity contribution in [2.75, 3.05) is 56.2 Å². The summed E-state index contributed by atoms with van der Waals surface area (Å²) in [6.07, 6.45) is 2.97. The zero-order valence-electron chi connectivity index (χ0n) is 24.1. The van der Waals surface area contributed by atoms with Gasteiger partial charge in [0.25, 0.3) is 11.8 Å². The second-order valence-corrected chi connectivity index (χ2v) is 10.3. The lowest BCUT2D eigenvalue weighted by molar-refractivity contribution is -0.119. The molecule has 216 valence electrons. The molecule has 0 unspecified atom stereocenters. The largest absolute Gasteiger partial charge is 0.497 e. The molecule has 1 aromatic heterocycles. The smallest absolute Gasteiger partial charge is 0.277 e. The topological polar surface area (TPSA) is 100 Å². The number of nitrogens with zero attached hydrogens (tertiary/aromatic N) is 5. The Bertz CT molecular complexity index is 1400. The standard InChI is InChI=1S/C31H38N6O4/c1-4-34(5-2)21-18-32-30(39)28-26-17-20-36(23-11-9-22(10-12-23)35-19-7-6-8-27(35)38)31(40)29(26)37(33-28)24-13-15-25(41-3)16-14-24/h9-16H,4-8,17-21H2,1-3H3,(H,32,39). The van der Waals surface area contributed by atoms with Gasteiger partial charge in [-0.3, -0.25) is 14.4 Å². The number of amides is 3. The average Bonchev–Trinajstić information content (AvgIpc) is 3.41. The van der Waals surface area contributed by atoms with E-state index < -0.39 is 0 Å². The maximum atomic E-state index is 14.0. The van der Waals surface area contributed by atoms with Crippen molar-refractivity contribution < 1.29 is 19.1 Å². The van der Waals surface area contributed by atoms with Gasteiger partial charge in [-0.2, -0.15) is 5.10 Å². The highest BCUT2D eigenvalue weighted by Gasteiger charge is 2.35. The van der Waals surface area contributed by atoms with Crippen LogP contribution in [-0.4, -0.2) is 78.8 Å². The average molecular weight is 559 g/mol. The Balaban J connectivity index is 1.44. The summed E-state index contributed by atoms with van der Waals surface area (Å²) >= 11 is 0. The molecule has 0 aliphatic carbocycles. The van der Waals surface area contributed by atoms with Crippen LogP contribution in [0.5, 0.6) is 5.75 Å². The van der Waals surface area contributed by atoms with Crippen molar-refractivity contribution in [3.05, 3.63) is 65.5 Å². The van der Waals surface area contributed by atoms with Gasteiger partial charge >= 0.3 is 0 Å². The van der Waals surface area contributed by atoms with Crippen molar-refractivity contribution in [2.24, 2.45) is 0 Å². The van der Waals surface area contributed by atoms with E-state index in [1.54, 1.807) is 28.8 Å². The Morgan fingerprint density at radius 1 is 0.902 bits per heavy atom. The molecule has 10 nitrogen and oxygen atoms in total. The van der Waals surface area contributed by atoms with Crippen LogP contribution in [-0.2, 0) is 11.2 Å². The molecule has 1 fully saturated rings. The number of likely N-dealkylation sites (N-methyl/N-ethyl adjacent to an activating group) is 1. The summed E-state index contributed by atoms with van der Waals surface area (Å²) in [6.45, 7) is 8.38. The summed E-state index contributed by atoms with van der Waals surface area (Å²) in [5, 5.41) is 7.67. The Kier molecular flexibility index (Phi) is 8.68. The Hall–Kier alpha value is -4.18. The lowest BCUT2D eigenvalue weighted by atomic mass is 10.0. The maximum absolute atomic E-state index is 14.0. The highest BCUT2D eigenvalue weighted by Crippen LogP contribution is 2.31. The molecule has 0 spiro atoms. The third-order valence-electron chi connectivity index (χ3n) is 7.95. The molecule has 0 atom stereocenters. The zero-order chi connectivity index (χ0) is 28.9. The molecule has 0 bridgehead atoms. The number of hydrogen-bond donors (Lipinski definition) is 1. The fraction of sp³-hybridized carbons (Fsp3) is 0.419. The van der Waals surface area contributed by atoms with E-state index in [0.717, 1.165) is 43.9 Å². The van der Waals surface area contributed by atoms with Crippen LogP contribution in [0.25, 0.3) is 5.69 Å². The molecule has 5 rings (SSSR count). The van der Waals surface area contributed by atoms with Crippen LogP contribution >= 0.6 is 0 Å². The second-order valence-electron chi connectivity index (χ2n) is 10.3. The van der Waals surface area contributed by atoms with Crippen molar-refractivity contribution >= 4 is 29.1 Å². The van der Waals surface area contributed by atoms with Crippen LogP contribution in [0.1, 0.15) is 59.7 Å². The molecular formula is C31H38N6O4. The first-order chi connectivity index (χ1) is 19.9. The van der Waals surface area contributed by atoms with Gasteiger partial charge in [0.05, 0.1) is 12.8 Å². The summed E-state index contributed by atoms with van der Waals surface area (Å²) in [5.41, 5.74) is 3.56. The normalized spacial score (nSPS) is 15.3. The van der Waals surface area contributed by atoms with E-state index >= 15 is 0 Å². The summed E-state index contributed by atoms with van der Waals surface area (Å²) in [7, 11) is 1.60. The number of carbonyl (C=O) groups excluding carboxylic acids is 3. The third kappa shape index (κ3) is 5.83. The predicted octanol–water partition coefficient (Wildman–Crippen LogP) is 3.67. The first kappa shape index (κ1) is 28.4. The monoisotopic (exact) mass is 558 g/mol. The Labute approximate surface area is 240 Å². The van der Waals surface area contributed by atoms with Crippen molar-refractivity contribution in [1.82, 2.24) is 20.0 Å². The number of carbonyl (C=O) groups is 3. The molecule has 2 aliphatic heterocycles. The van der Waals surface area contributed by atoms with Crippen LogP contribution in [0.3, 0.4) is 0 Å². The van der Waals surface area contributed by atoms with Crippen LogP contribution < -0.4 is 19.9 Å². The first-order valence-corrected chi connectivity index (χ1v) is 14.4. The van der Waals surface area contributed by atoms with E-state index in [9.17, 15) is 14.4 Å². The Morgan fingerprint density at radius 3 is 2.20 bits per heavy atom. The molecular weight excluding hydrogens is 520 g/mol. The summed E-state index contributed by atoms with van der Waals surface area (Å²) in [5.74, 6) is 0.314. The van der Waals surface area contributed by atoms with E-state index in [-0.39, 0.29) is 23.4 Å². The van der Waals surface area contributed by atoms with Gasteiger partial charge < -0.3 is 24.8 Å². The van der Waals surface area contributed by atoms with Crippen LogP contribution in [0.2, 0.25) is 0 Å². The van der Waals surface area contributed by atoms with Crippen molar-refractivity contribution in [3.63, 3.8) is 0 Å². The molecule has 2 aromatic carbocycles. The molecule has 0 saturated carbocycles. The number of hydrogen-bond acceptors (Lipinski definition) is 6. The third-order valence-corrected chi connectivity index (χ3v) is 7.95. The predicted molar refractivity (Wildman–Crippen MR) is 158 cm³/mol. The van der Waals surface area contributed by atoms with Gasteiger partial charge in [0, 0.05) is 49.5 Å². The molecule has 1 N–H and O–H groups in total. The summed E-state index contributed by atoms with van der Waals surface area (Å²) in [4.78, 5) is 45.5. The van der Waals surface area contributed by atoms with Crippen LogP contribution in [0, 0.1) is 0 Å². The minimum absolute atomic E-state index is 0.133. The summed E-state index contributed by atoms with van der Waals surface area (Å²) in [6, 6.07) is 14.8. The molecule has 41 heavy (non-hydrogen) atoms. The van der Waals surface area contributed by atoms with Gasteiger partial charge in [0.15, 0.2) is 5.69 Å². The molecule has 3 aromatic rings. The molecule has 10 heteroatoms. The van der Waals surface area contributed by atoms with Gasteiger partial charge in [-0.1, -0.05) is 13.8 Å². The maximum Gasteiger partial charge on any atom is 0.277 e. The van der Waals surface area contributed by atoms with E-state index in [0.29, 0.717) is 55.2 Å². The van der Waals surface area contributed by atoms with E-state index in [1.807, 2.05) is 41.3 Å². The molecule has 2 aliphatic rings. The highest BCUT2D eigenvalue weighted by molar-refractivity contribution is 6.09. The Morgan fingerprint density at radius 2 is 1.56 bits per heavy atom. The lowest BCUT2D eigenvalue weighted by Crippen LogP contribution is -2.39. The summed E-state index contributed by atoms with van der Waals surface area (Å²) < 4.78 is 6.87. The minimum atomic E-state index is -0.280. The number of anilines is 2. The van der Waals surface area contributed by atoms with Crippen LogP contribution in [0.4, 0.5) is 11.4 Å². The lowest BCUT2D eigenvalue weighted by Gasteiger charge is -2.29. The fourth-order valence-corrected chi connectivity index (χ4v) is 5.54. The van der Waals surface area contributed by atoms with Crippen LogP contribution in [0.15, 0.2) is 48.5 Å². The first-order valence-electron chi connectivity index (χ1n) is 14.4. The molecule has 3 heterocycles. The molecule has 1 saturated heterocycles. The molecule has 0 radical (unpaired) electrons. The quantitative estimate of drug-likeness (QED) is 0.408. The zero-order valence-corrected chi connectivity index (χ0v) is 24.1. The number of fused-ring (bicyclic) bond motifs is 1. The number of ether oxygens (including phenoxy) is 1. The SMILES string of the molecule is CCN(CC)CCNC(=O)c1nn(-c2ccc(OC)cc2)c2c1CCN(c1ccc(N3CCCCC3=O)cc1)C2=O. The highest BCUT2D eigenvalue weighted by atomic mass is 16.5. The van der Waals surface area contributed by atoms with E-state index in [4.69, 9.17) is 4.74 Å². The van der Waals surface area contributed by atoms with Gasteiger partial charge in [-0.05, 0) is 80.9 Å². The van der Waals surface area contributed by atoms with Crippen molar-refractivity contribution in [1.29, 1.82) is 0 Å². The van der Waals surface area contributed by atoms with E-state index in [1.165, 1.54) is 0 Å². The number of piperidine rings is 1. The number of methoxy groups -OCH3 is 1. The van der Waals surface area contributed by atoms with Gasteiger partial charge in [-0.25, -0.2) is 4.68 Å². The van der Waals surface area contributed by atoms with Gasteiger partial charge in [0.2, 0.25) is 5.91 Å². The molecule has 3 amide bonds. The minimum Gasteiger partial charge on any atom is -0.497 e. The second kappa shape index (κ2) is 12.6.